The lowest BCUT2D eigenvalue weighted by atomic mass is 9.94. The molecule has 2 fully saturated rings. The molecule has 0 radical (unpaired) electrons. The summed E-state index contributed by atoms with van der Waals surface area (Å²) in [4.78, 5) is 46.4. The van der Waals surface area contributed by atoms with Crippen LogP contribution in [0.1, 0.15) is 23.1 Å². The van der Waals surface area contributed by atoms with Gasteiger partial charge in [-0.05, 0) is 39.6 Å². The molecule has 6 rings (SSSR count). The Morgan fingerprint density at radius 3 is 2.35 bits per heavy atom. The van der Waals surface area contributed by atoms with Gasteiger partial charge in [-0.15, -0.1) is 0 Å². The number of aliphatic hydroxyl groups excluding tert-OH is 1. The number of piperazine rings is 1. The number of nitrogens with zero attached hydrogens (tertiary/aromatic N) is 3. The molecule has 3 N–H and O–H groups in total. The lowest BCUT2D eigenvalue weighted by Crippen LogP contribution is -2.74. The SMILES string of the molecule is O=C1[C@H](Cc2ccc(O)cc2)N2C(=O)C[C@@H](CO)N(C(=O)NCc3ccccc3)C2CN1Cc1cccc2ccccc12. The molecule has 0 bridgehead atoms. The highest BCUT2D eigenvalue weighted by molar-refractivity contribution is 5.92. The van der Waals surface area contributed by atoms with Crippen LogP contribution in [0.5, 0.6) is 5.75 Å². The van der Waals surface area contributed by atoms with E-state index in [2.05, 4.69) is 5.32 Å². The molecule has 43 heavy (non-hydrogen) atoms. The second-order valence-corrected chi connectivity index (χ2v) is 11.1. The fraction of sp³-hybridized carbons (Fsp3) is 0.265. The van der Waals surface area contributed by atoms with E-state index in [9.17, 15) is 24.6 Å². The zero-order valence-electron chi connectivity index (χ0n) is 23.7. The van der Waals surface area contributed by atoms with Crippen LogP contribution in [0, 0.1) is 0 Å². The maximum Gasteiger partial charge on any atom is 0.319 e. The van der Waals surface area contributed by atoms with Crippen LogP contribution in [0.25, 0.3) is 10.8 Å². The van der Waals surface area contributed by atoms with Gasteiger partial charge in [0.05, 0.1) is 19.2 Å². The number of hydrogen-bond acceptors (Lipinski definition) is 5. The number of carbonyl (C=O) groups excluding carboxylic acids is 3. The van der Waals surface area contributed by atoms with Crippen molar-refractivity contribution < 1.29 is 24.6 Å². The van der Waals surface area contributed by atoms with Crippen LogP contribution < -0.4 is 5.32 Å². The molecule has 9 heteroatoms. The second-order valence-electron chi connectivity index (χ2n) is 11.1. The van der Waals surface area contributed by atoms with Crippen molar-refractivity contribution in [3.63, 3.8) is 0 Å². The Labute approximate surface area is 249 Å². The van der Waals surface area contributed by atoms with Gasteiger partial charge in [0, 0.05) is 25.9 Å². The molecule has 2 aliphatic heterocycles. The molecule has 2 saturated heterocycles. The first-order valence-electron chi connectivity index (χ1n) is 14.5. The van der Waals surface area contributed by atoms with E-state index in [-0.39, 0.29) is 50.1 Å². The first kappa shape index (κ1) is 28.2. The zero-order valence-corrected chi connectivity index (χ0v) is 23.7. The van der Waals surface area contributed by atoms with Crippen LogP contribution in [-0.2, 0) is 29.1 Å². The molecule has 2 aliphatic rings. The summed E-state index contributed by atoms with van der Waals surface area (Å²) in [7, 11) is 0. The highest BCUT2D eigenvalue weighted by atomic mass is 16.3. The normalized spacial score (nSPS) is 20.3. The number of fused-ring (bicyclic) bond motifs is 2. The Bertz CT molecular complexity index is 1620. The number of nitrogens with one attached hydrogen (secondary N) is 1. The van der Waals surface area contributed by atoms with E-state index in [4.69, 9.17) is 0 Å². The topological polar surface area (TPSA) is 113 Å². The smallest absolute Gasteiger partial charge is 0.319 e. The lowest BCUT2D eigenvalue weighted by Gasteiger charge is -2.54. The zero-order chi connectivity index (χ0) is 29.9. The molecule has 4 aromatic carbocycles. The Morgan fingerprint density at radius 1 is 0.860 bits per heavy atom. The van der Waals surface area contributed by atoms with Crippen LogP contribution in [0.15, 0.2) is 97.1 Å². The van der Waals surface area contributed by atoms with E-state index in [1.54, 1.807) is 29.2 Å². The largest absolute Gasteiger partial charge is 0.508 e. The summed E-state index contributed by atoms with van der Waals surface area (Å²) in [6.45, 7) is 0.308. The van der Waals surface area contributed by atoms with E-state index in [1.165, 1.54) is 9.80 Å². The maximum absolute atomic E-state index is 14.2. The Balaban J connectivity index is 1.36. The van der Waals surface area contributed by atoms with Gasteiger partial charge in [-0.1, -0.05) is 84.9 Å². The highest BCUT2D eigenvalue weighted by Gasteiger charge is 2.51. The monoisotopic (exact) mass is 578 g/mol. The fourth-order valence-corrected chi connectivity index (χ4v) is 6.26. The van der Waals surface area contributed by atoms with Gasteiger partial charge in [-0.25, -0.2) is 4.79 Å². The van der Waals surface area contributed by atoms with Crippen LogP contribution in [-0.4, -0.2) is 74.2 Å². The summed E-state index contributed by atoms with van der Waals surface area (Å²) in [5.74, 6) is -0.383. The van der Waals surface area contributed by atoms with Gasteiger partial charge in [-0.2, -0.15) is 0 Å². The predicted octanol–water partition coefficient (Wildman–Crippen LogP) is 3.63. The third-order valence-corrected chi connectivity index (χ3v) is 8.39. The number of aromatic hydroxyl groups is 1. The van der Waals surface area contributed by atoms with E-state index in [1.807, 2.05) is 72.8 Å². The molecular weight excluding hydrogens is 544 g/mol. The van der Waals surface area contributed by atoms with Crippen LogP contribution >= 0.6 is 0 Å². The summed E-state index contributed by atoms with van der Waals surface area (Å²) in [5.41, 5.74) is 2.66. The van der Waals surface area contributed by atoms with Crippen molar-refractivity contribution in [2.45, 2.75) is 44.2 Å². The van der Waals surface area contributed by atoms with E-state index in [0.29, 0.717) is 6.54 Å². The number of carbonyl (C=O) groups is 3. The molecule has 4 aromatic rings. The quantitative estimate of drug-likeness (QED) is 0.310. The summed E-state index contributed by atoms with van der Waals surface area (Å²) in [6.07, 6.45) is -0.644. The van der Waals surface area contributed by atoms with Crippen molar-refractivity contribution in [2.75, 3.05) is 13.2 Å². The molecular formula is C34H34N4O5. The first-order valence-corrected chi connectivity index (χ1v) is 14.5. The van der Waals surface area contributed by atoms with Crippen LogP contribution in [0.4, 0.5) is 4.79 Å². The van der Waals surface area contributed by atoms with Gasteiger partial charge in [0.25, 0.3) is 0 Å². The number of urea groups is 1. The third kappa shape index (κ3) is 5.76. The molecule has 4 amide bonds. The molecule has 9 nitrogen and oxygen atoms in total. The Hall–Kier alpha value is -4.89. The molecule has 2 heterocycles. The number of phenols is 1. The minimum Gasteiger partial charge on any atom is -0.508 e. The van der Waals surface area contributed by atoms with Crippen molar-refractivity contribution in [2.24, 2.45) is 0 Å². The number of benzene rings is 4. The van der Waals surface area contributed by atoms with Gasteiger partial charge in [0.1, 0.15) is 18.0 Å². The van der Waals surface area contributed by atoms with Crippen LogP contribution in [0.3, 0.4) is 0 Å². The van der Waals surface area contributed by atoms with Gasteiger partial charge in [0.15, 0.2) is 0 Å². The first-order chi connectivity index (χ1) is 20.9. The molecule has 0 aromatic heterocycles. The van der Waals surface area contributed by atoms with Crippen molar-refractivity contribution in [3.8, 4) is 5.75 Å². The highest BCUT2D eigenvalue weighted by Crippen LogP contribution is 2.32. The van der Waals surface area contributed by atoms with Crippen molar-refractivity contribution >= 4 is 28.6 Å². The standard InChI is InChI=1S/C34H34N4O5/c39-22-27-18-32(41)38-30(17-23-13-15-28(40)16-14-23)33(42)36(20-26-11-6-10-25-9-4-5-12-29(25)26)21-31(38)37(27)34(43)35-19-24-7-2-1-3-8-24/h1-16,27,30-31,39-40H,17-22H2,(H,35,43)/t27-,30-,31?/m0/s1. The van der Waals surface area contributed by atoms with Gasteiger partial charge in [-0.3, -0.25) is 14.5 Å². The maximum atomic E-state index is 14.2. The van der Waals surface area contributed by atoms with Crippen molar-refractivity contribution in [1.82, 2.24) is 20.0 Å². The molecule has 0 saturated carbocycles. The van der Waals surface area contributed by atoms with Crippen molar-refractivity contribution in [3.05, 3.63) is 114 Å². The average molecular weight is 579 g/mol. The summed E-state index contributed by atoms with van der Waals surface area (Å²) >= 11 is 0. The summed E-state index contributed by atoms with van der Waals surface area (Å²) in [6, 6.07) is 28.0. The van der Waals surface area contributed by atoms with Crippen LogP contribution in [0.2, 0.25) is 0 Å². The molecule has 0 spiro atoms. The number of phenolic OH excluding ortho intramolecular Hbond substituents is 1. The van der Waals surface area contributed by atoms with Gasteiger partial charge in [0.2, 0.25) is 11.8 Å². The summed E-state index contributed by atoms with van der Waals surface area (Å²) in [5, 5.41) is 25.2. The number of aliphatic hydroxyl groups is 1. The van der Waals surface area contributed by atoms with Crippen molar-refractivity contribution in [1.29, 1.82) is 0 Å². The Kier molecular flexibility index (Phi) is 7.98. The van der Waals surface area contributed by atoms with E-state index in [0.717, 1.165) is 27.5 Å². The number of hydrogen-bond donors (Lipinski definition) is 3. The minimum atomic E-state index is -0.866. The molecule has 1 unspecified atom stereocenters. The number of amides is 4. The van der Waals surface area contributed by atoms with Gasteiger partial charge < -0.3 is 25.3 Å². The minimum absolute atomic E-state index is 0.0889. The molecule has 220 valence electrons. The van der Waals surface area contributed by atoms with Gasteiger partial charge >= 0.3 is 6.03 Å². The summed E-state index contributed by atoms with van der Waals surface area (Å²) < 4.78 is 0. The number of rotatable bonds is 7. The lowest BCUT2D eigenvalue weighted by molar-refractivity contribution is -0.171. The molecule has 3 atom stereocenters. The predicted molar refractivity (Wildman–Crippen MR) is 162 cm³/mol. The van der Waals surface area contributed by atoms with E-state index >= 15 is 0 Å². The fourth-order valence-electron chi connectivity index (χ4n) is 6.26. The van der Waals surface area contributed by atoms with E-state index < -0.39 is 24.3 Å². The Morgan fingerprint density at radius 2 is 1.58 bits per heavy atom. The second kappa shape index (κ2) is 12.1. The molecule has 0 aliphatic carbocycles. The third-order valence-electron chi connectivity index (χ3n) is 8.39. The average Bonchev–Trinajstić information content (AvgIpc) is 3.03.